The Labute approximate surface area is 124 Å². The lowest BCUT2D eigenvalue weighted by Gasteiger charge is -2.21. The molecule has 1 aromatic carbocycles. The quantitative estimate of drug-likeness (QED) is 0.851. The highest BCUT2D eigenvalue weighted by Gasteiger charge is 2.26. The van der Waals surface area contributed by atoms with E-state index in [1.54, 1.807) is 4.57 Å². The fourth-order valence-corrected chi connectivity index (χ4v) is 2.48. The zero-order valence-electron chi connectivity index (χ0n) is 12.7. The predicted octanol–water partition coefficient (Wildman–Crippen LogP) is 2.09. The second kappa shape index (κ2) is 6.03. The van der Waals surface area contributed by atoms with Crippen molar-refractivity contribution in [3.63, 3.8) is 0 Å². The Bertz CT molecular complexity index is 648. The van der Waals surface area contributed by atoms with Crippen LogP contribution in [-0.4, -0.2) is 22.1 Å². The predicted molar refractivity (Wildman–Crippen MR) is 83.0 cm³/mol. The van der Waals surface area contributed by atoms with E-state index in [0.29, 0.717) is 17.9 Å². The van der Waals surface area contributed by atoms with Crippen LogP contribution in [0.1, 0.15) is 33.2 Å². The van der Waals surface area contributed by atoms with Gasteiger partial charge in [0.1, 0.15) is 17.3 Å². The number of amides is 1. The number of imidazole rings is 1. The summed E-state index contributed by atoms with van der Waals surface area (Å²) in [6.45, 7) is 6.50. The molecule has 0 aliphatic heterocycles. The first-order chi connectivity index (χ1) is 9.97. The smallest absolute Gasteiger partial charge is 0.240 e. The van der Waals surface area contributed by atoms with Crippen LogP contribution in [0.4, 0.5) is 5.95 Å². The largest absolute Gasteiger partial charge is 0.491 e. The monoisotopic (exact) mass is 290 g/mol. The number of aromatic nitrogens is 2. The number of carbonyl (C=O) groups excluding carboxylic acids is 1. The minimum atomic E-state index is -0.531. The molecular formula is C15H22N4O2. The summed E-state index contributed by atoms with van der Waals surface area (Å²) in [5.41, 5.74) is 13.0. The van der Waals surface area contributed by atoms with Crippen LogP contribution >= 0.6 is 0 Å². The van der Waals surface area contributed by atoms with Crippen molar-refractivity contribution in [2.75, 3.05) is 12.3 Å². The van der Waals surface area contributed by atoms with Gasteiger partial charge in [0.05, 0.1) is 12.1 Å². The maximum absolute atomic E-state index is 11.8. The molecule has 4 N–H and O–H groups in total. The van der Waals surface area contributed by atoms with Gasteiger partial charge in [0.25, 0.3) is 0 Å². The zero-order valence-corrected chi connectivity index (χ0v) is 12.7. The van der Waals surface area contributed by atoms with Crippen LogP contribution in [-0.2, 0) is 4.79 Å². The molecule has 21 heavy (non-hydrogen) atoms. The number of primary amides is 1. The molecular weight excluding hydrogens is 268 g/mol. The van der Waals surface area contributed by atoms with Gasteiger partial charge < -0.3 is 16.2 Å². The number of fused-ring (bicyclic) bond motifs is 1. The Morgan fingerprint density at radius 2 is 2.14 bits per heavy atom. The Morgan fingerprint density at radius 1 is 1.43 bits per heavy atom. The maximum Gasteiger partial charge on any atom is 0.240 e. The lowest BCUT2D eigenvalue weighted by molar-refractivity contribution is -0.122. The number of rotatable bonds is 6. The number of hydrogen-bond donors (Lipinski definition) is 2. The average Bonchev–Trinajstić information content (AvgIpc) is 2.73. The minimum Gasteiger partial charge on any atom is -0.491 e. The number of ether oxygens (including phenoxy) is 1. The van der Waals surface area contributed by atoms with Crippen molar-refractivity contribution >= 4 is 22.9 Å². The molecule has 0 saturated heterocycles. The van der Waals surface area contributed by atoms with Crippen molar-refractivity contribution in [1.29, 1.82) is 0 Å². The molecule has 1 heterocycles. The van der Waals surface area contributed by atoms with Gasteiger partial charge in [-0.1, -0.05) is 26.8 Å². The van der Waals surface area contributed by atoms with E-state index < -0.39 is 11.9 Å². The van der Waals surface area contributed by atoms with Crippen molar-refractivity contribution in [2.24, 2.45) is 11.7 Å². The van der Waals surface area contributed by atoms with Gasteiger partial charge in [-0.3, -0.25) is 9.36 Å². The van der Waals surface area contributed by atoms with Gasteiger partial charge in [0.2, 0.25) is 11.9 Å². The SMILES string of the molecule is CCCOc1cccc2c1nc(N)n2C(C(N)=O)C(C)C. The molecule has 1 atom stereocenters. The summed E-state index contributed by atoms with van der Waals surface area (Å²) >= 11 is 0. The summed E-state index contributed by atoms with van der Waals surface area (Å²) in [5, 5.41) is 0. The van der Waals surface area contributed by atoms with Gasteiger partial charge in [0.15, 0.2) is 0 Å². The first-order valence-corrected chi connectivity index (χ1v) is 7.15. The molecule has 0 fully saturated rings. The molecule has 0 aliphatic rings. The maximum atomic E-state index is 11.8. The van der Waals surface area contributed by atoms with Crippen molar-refractivity contribution in [2.45, 2.75) is 33.2 Å². The van der Waals surface area contributed by atoms with Crippen LogP contribution in [0.2, 0.25) is 0 Å². The van der Waals surface area contributed by atoms with Gasteiger partial charge in [-0.25, -0.2) is 4.98 Å². The standard InChI is InChI=1S/C15H22N4O2/c1-4-8-21-11-7-5-6-10-12(11)18-15(17)19(10)13(9(2)3)14(16)20/h5-7,9,13H,4,8H2,1-3H3,(H2,16,20)(H2,17,18). The van der Waals surface area contributed by atoms with Crippen LogP contribution in [0, 0.1) is 5.92 Å². The average molecular weight is 290 g/mol. The summed E-state index contributed by atoms with van der Waals surface area (Å²) in [4.78, 5) is 16.1. The summed E-state index contributed by atoms with van der Waals surface area (Å²) in [6.07, 6.45) is 0.905. The molecule has 2 aromatic rings. The summed E-state index contributed by atoms with van der Waals surface area (Å²) in [6, 6.07) is 5.05. The van der Waals surface area contributed by atoms with E-state index in [4.69, 9.17) is 16.2 Å². The van der Waals surface area contributed by atoms with E-state index in [9.17, 15) is 4.79 Å². The second-order valence-electron chi connectivity index (χ2n) is 5.40. The van der Waals surface area contributed by atoms with Crippen LogP contribution in [0.25, 0.3) is 11.0 Å². The van der Waals surface area contributed by atoms with Crippen LogP contribution in [0.5, 0.6) is 5.75 Å². The van der Waals surface area contributed by atoms with E-state index >= 15 is 0 Å². The Morgan fingerprint density at radius 3 is 2.71 bits per heavy atom. The number of benzene rings is 1. The fraction of sp³-hybridized carbons (Fsp3) is 0.467. The van der Waals surface area contributed by atoms with Crippen molar-refractivity contribution in [1.82, 2.24) is 9.55 Å². The normalized spacial score (nSPS) is 12.8. The Hall–Kier alpha value is -2.24. The van der Waals surface area contributed by atoms with E-state index in [1.165, 1.54) is 0 Å². The molecule has 0 bridgehead atoms. The van der Waals surface area contributed by atoms with E-state index in [1.807, 2.05) is 39.0 Å². The molecule has 6 nitrogen and oxygen atoms in total. The van der Waals surface area contributed by atoms with Gasteiger partial charge in [-0.15, -0.1) is 0 Å². The number of anilines is 1. The third kappa shape index (κ3) is 2.79. The third-order valence-electron chi connectivity index (χ3n) is 3.37. The first-order valence-electron chi connectivity index (χ1n) is 7.15. The highest BCUT2D eigenvalue weighted by Crippen LogP contribution is 2.32. The molecule has 114 valence electrons. The lowest BCUT2D eigenvalue weighted by Crippen LogP contribution is -2.31. The zero-order chi connectivity index (χ0) is 15.6. The molecule has 1 amide bonds. The van der Waals surface area contributed by atoms with E-state index in [0.717, 1.165) is 11.9 Å². The van der Waals surface area contributed by atoms with Gasteiger partial charge in [-0.05, 0) is 24.5 Å². The van der Waals surface area contributed by atoms with Crippen LogP contribution in [0.15, 0.2) is 18.2 Å². The van der Waals surface area contributed by atoms with Gasteiger partial charge in [-0.2, -0.15) is 0 Å². The summed E-state index contributed by atoms with van der Waals surface area (Å²) in [5.74, 6) is 0.542. The van der Waals surface area contributed by atoms with Crippen molar-refractivity contribution < 1.29 is 9.53 Å². The topological polar surface area (TPSA) is 96.2 Å². The van der Waals surface area contributed by atoms with Crippen molar-refractivity contribution in [3.8, 4) is 5.75 Å². The second-order valence-corrected chi connectivity index (χ2v) is 5.40. The molecule has 1 aromatic heterocycles. The van der Waals surface area contributed by atoms with E-state index in [-0.39, 0.29) is 11.9 Å². The van der Waals surface area contributed by atoms with Gasteiger partial charge in [0, 0.05) is 0 Å². The molecule has 0 aliphatic carbocycles. The number of nitrogens with two attached hydrogens (primary N) is 2. The lowest BCUT2D eigenvalue weighted by atomic mass is 10.0. The molecule has 0 saturated carbocycles. The minimum absolute atomic E-state index is 0.0161. The number of carbonyl (C=O) groups is 1. The fourth-order valence-electron chi connectivity index (χ4n) is 2.48. The summed E-state index contributed by atoms with van der Waals surface area (Å²) < 4.78 is 7.39. The number of hydrogen-bond acceptors (Lipinski definition) is 4. The molecule has 0 spiro atoms. The van der Waals surface area contributed by atoms with Crippen molar-refractivity contribution in [3.05, 3.63) is 18.2 Å². The highest BCUT2D eigenvalue weighted by molar-refractivity contribution is 5.88. The highest BCUT2D eigenvalue weighted by atomic mass is 16.5. The van der Waals surface area contributed by atoms with E-state index in [2.05, 4.69) is 4.98 Å². The van der Waals surface area contributed by atoms with Gasteiger partial charge >= 0.3 is 0 Å². The van der Waals surface area contributed by atoms with Crippen LogP contribution in [0.3, 0.4) is 0 Å². The first kappa shape index (κ1) is 15.2. The molecule has 0 radical (unpaired) electrons. The molecule has 1 unspecified atom stereocenters. The number of nitrogens with zero attached hydrogens (tertiary/aromatic N) is 2. The molecule has 6 heteroatoms. The summed E-state index contributed by atoms with van der Waals surface area (Å²) in [7, 11) is 0. The third-order valence-corrected chi connectivity index (χ3v) is 3.37. The number of nitrogen functional groups attached to an aromatic ring is 1. The molecule has 2 rings (SSSR count). The number of para-hydroxylation sites is 1. The Kier molecular flexibility index (Phi) is 4.35. The Balaban J connectivity index is 2.60. The van der Waals surface area contributed by atoms with Crippen LogP contribution < -0.4 is 16.2 Å².